The molecule has 0 fully saturated rings. The highest BCUT2D eigenvalue weighted by molar-refractivity contribution is 6.31. The minimum Gasteiger partial charge on any atom is -0.449 e. The van der Waals surface area contributed by atoms with Crippen LogP contribution in [-0.4, -0.2) is 14.8 Å². The number of hydrogen-bond donors (Lipinski definition) is 0. The molecule has 1 aliphatic carbocycles. The molecule has 0 amide bonds. The van der Waals surface area contributed by atoms with Gasteiger partial charge in [-0.25, -0.2) is 0 Å². The first-order valence-corrected chi connectivity index (χ1v) is 15.8. The maximum absolute atomic E-state index is 6.60. The second-order valence-electron chi connectivity index (χ2n) is 12.3. The summed E-state index contributed by atoms with van der Waals surface area (Å²) in [6.07, 6.45) is 8.92. The zero-order chi connectivity index (χ0) is 29.9. The van der Waals surface area contributed by atoms with Crippen LogP contribution in [0, 0.1) is 0 Å². The highest BCUT2D eigenvalue weighted by atomic mass is 16.3. The van der Waals surface area contributed by atoms with Crippen LogP contribution in [0.3, 0.4) is 0 Å². The van der Waals surface area contributed by atoms with Gasteiger partial charge < -0.3 is 13.6 Å². The Morgan fingerprint density at radius 2 is 1.26 bits per heavy atom. The van der Waals surface area contributed by atoms with Gasteiger partial charge in [0.15, 0.2) is 0 Å². The standard InChI is InChI=1S/C42H26N3O/c1-2-12-26(13-3-1)43-31-18-6-4-15-29(31)39-34(43)24-25-35-40(39)30-17-11-21-36-41(30)45(35)33-20-8-7-19-32(33)44(36)37-22-10-16-28-27-14-5-9-23-38(27)46-42(28)37/h1-25,33H/q+1. The van der Waals surface area contributed by atoms with E-state index >= 15 is 0 Å². The summed E-state index contributed by atoms with van der Waals surface area (Å²) in [5.41, 5.74) is 11.3. The van der Waals surface area contributed by atoms with E-state index in [1.807, 2.05) is 6.07 Å². The topological polar surface area (TPSA) is 26.0 Å². The molecule has 0 spiro atoms. The van der Waals surface area contributed by atoms with E-state index in [4.69, 9.17) is 4.42 Å². The van der Waals surface area contributed by atoms with Crippen molar-refractivity contribution in [2.45, 2.75) is 6.04 Å². The first kappa shape index (κ1) is 24.2. The van der Waals surface area contributed by atoms with Crippen molar-refractivity contribution in [1.82, 2.24) is 13.7 Å². The van der Waals surface area contributed by atoms with Gasteiger partial charge in [0, 0.05) is 56.2 Å². The third-order valence-corrected chi connectivity index (χ3v) is 9.99. The Morgan fingerprint density at radius 3 is 2.17 bits per heavy atom. The summed E-state index contributed by atoms with van der Waals surface area (Å²) in [7, 11) is 0. The van der Waals surface area contributed by atoms with Crippen molar-refractivity contribution in [3.8, 4) is 5.69 Å². The molecule has 1 unspecified atom stereocenters. The summed E-state index contributed by atoms with van der Waals surface area (Å²) >= 11 is 0. The molecule has 46 heavy (non-hydrogen) atoms. The molecular formula is C42H26N3O+. The zero-order valence-electron chi connectivity index (χ0n) is 24.8. The molecular weight excluding hydrogens is 562 g/mol. The first-order chi connectivity index (χ1) is 22.9. The molecule has 0 saturated carbocycles. The number of nitrogens with zero attached hydrogens (tertiary/aromatic N) is 3. The first-order valence-electron chi connectivity index (χ1n) is 15.8. The molecule has 1 aliphatic heterocycles. The number of aromatic nitrogens is 2. The van der Waals surface area contributed by atoms with Crippen molar-refractivity contribution in [3.63, 3.8) is 0 Å². The molecule has 1 atom stereocenters. The van der Waals surface area contributed by atoms with Crippen LogP contribution < -0.4 is 4.58 Å². The third kappa shape index (κ3) is 2.96. The van der Waals surface area contributed by atoms with Gasteiger partial charge in [-0.05, 0) is 42.5 Å². The number of allylic oxidation sites excluding steroid dienone is 4. The van der Waals surface area contributed by atoms with Crippen molar-refractivity contribution in [3.05, 3.63) is 152 Å². The van der Waals surface area contributed by atoms with E-state index in [1.54, 1.807) is 0 Å². The van der Waals surface area contributed by atoms with E-state index in [9.17, 15) is 0 Å². The molecule has 6 aromatic carbocycles. The SMILES string of the molecule is C1=CC2=[N+](c3cccc4c3oc3ccccc34)c3cccc4c5c6c7ccccc7n(-c7ccccc7)c6ccc5n(c34)C2C=C1. The van der Waals surface area contributed by atoms with E-state index in [2.05, 4.69) is 159 Å². The van der Waals surface area contributed by atoms with Gasteiger partial charge in [-0.1, -0.05) is 91.0 Å². The lowest BCUT2D eigenvalue weighted by atomic mass is 10.0. The highest BCUT2D eigenvalue weighted by Gasteiger charge is 2.39. The predicted octanol–water partition coefficient (Wildman–Crippen LogP) is 10.7. The van der Waals surface area contributed by atoms with Crippen LogP contribution >= 0.6 is 0 Å². The summed E-state index contributed by atoms with van der Waals surface area (Å²) in [5, 5.41) is 7.39. The average Bonchev–Trinajstić information content (AvgIpc) is 3.78. The fraction of sp³-hybridized carbons (Fsp3) is 0.0238. The van der Waals surface area contributed by atoms with E-state index in [1.165, 1.54) is 55.0 Å². The van der Waals surface area contributed by atoms with Gasteiger partial charge in [0.2, 0.25) is 17.0 Å². The fourth-order valence-electron chi connectivity index (χ4n) is 8.22. The Labute approximate surface area is 263 Å². The van der Waals surface area contributed by atoms with E-state index in [0.29, 0.717) is 0 Å². The van der Waals surface area contributed by atoms with Crippen molar-refractivity contribution < 1.29 is 4.42 Å². The molecule has 0 N–H and O–H groups in total. The molecule has 4 nitrogen and oxygen atoms in total. The van der Waals surface area contributed by atoms with Crippen LogP contribution in [-0.2, 0) is 0 Å². The summed E-state index contributed by atoms with van der Waals surface area (Å²) in [6.45, 7) is 0. The van der Waals surface area contributed by atoms with Crippen LogP contribution in [0.4, 0.5) is 11.4 Å². The number of rotatable bonds is 2. The lowest BCUT2D eigenvalue weighted by molar-refractivity contribution is 0.665. The van der Waals surface area contributed by atoms with Crippen molar-refractivity contribution in [2.24, 2.45) is 0 Å². The maximum atomic E-state index is 6.60. The lowest BCUT2D eigenvalue weighted by Gasteiger charge is -2.24. The van der Waals surface area contributed by atoms with Gasteiger partial charge in [0.25, 0.3) is 5.69 Å². The van der Waals surface area contributed by atoms with Crippen molar-refractivity contribution in [2.75, 3.05) is 0 Å². The van der Waals surface area contributed by atoms with Gasteiger partial charge in [-0.2, -0.15) is 4.58 Å². The van der Waals surface area contributed by atoms with Crippen LogP contribution in [0.15, 0.2) is 156 Å². The van der Waals surface area contributed by atoms with Gasteiger partial charge in [0.1, 0.15) is 17.1 Å². The Morgan fingerprint density at radius 1 is 0.543 bits per heavy atom. The van der Waals surface area contributed by atoms with Gasteiger partial charge in [-0.3, -0.25) is 0 Å². The second kappa shape index (κ2) is 8.74. The molecule has 3 aromatic heterocycles. The zero-order valence-corrected chi connectivity index (χ0v) is 24.8. The minimum atomic E-state index is 0.0273. The molecule has 11 rings (SSSR count). The Balaban J connectivity index is 1.30. The lowest BCUT2D eigenvalue weighted by Crippen LogP contribution is -2.30. The molecule has 4 heterocycles. The molecule has 2 aliphatic rings. The number of benzene rings is 6. The van der Waals surface area contributed by atoms with Crippen molar-refractivity contribution >= 4 is 82.6 Å². The second-order valence-corrected chi connectivity index (χ2v) is 12.3. The van der Waals surface area contributed by atoms with E-state index < -0.39 is 0 Å². The van der Waals surface area contributed by atoms with Gasteiger partial charge in [0.05, 0.1) is 16.6 Å². The molecule has 9 aromatic rings. The highest BCUT2D eigenvalue weighted by Crippen LogP contribution is 2.48. The smallest absolute Gasteiger partial charge is 0.255 e. The Hall–Kier alpha value is -6.13. The molecule has 4 heteroatoms. The molecule has 0 radical (unpaired) electrons. The Kier molecular flexibility index (Phi) is 4.60. The quantitative estimate of drug-likeness (QED) is 0.185. The van der Waals surface area contributed by atoms with Crippen LogP contribution in [0.25, 0.3) is 71.2 Å². The number of furan rings is 1. The van der Waals surface area contributed by atoms with E-state index in [0.717, 1.165) is 33.3 Å². The number of fused-ring (bicyclic) bond motifs is 12. The number of para-hydroxylation sites is 5. The van der Waals surface area contributed by atoms with Crippen LogP contribution in [0.2, 0.25) is 0 Å². The number of hydrogen-bond acceptors (Lipinski definition) is 1. The molecule has 0 saturated heterocycles. The Bertz CT molecular complexity index is 2860. The maximum Gasteiger partial charge on any atom is 0.255 e. The fourth-order valence-corrected chi connectivity index (χ4v) is 8.22. The third-order valence-electron chi connectivity index (χ3n) is 9.99. The van der Waals surface area contributed by atoms with Gasteiger partial charge in [-0.15, -0.1) is 0 Å². The summed E-state index contributed by atoms with van der Waals surface area (Å²) in [4.78, 5) is 0. The van der Waals surface area contributed by atoms with Crippen LogP contribution in [0.1, 0.15) is 6.04 Å². The molecule has 214 valence electrons. The van der Waals surface area contributed by atoms with Gasteiger partial charge >= 0.3 is 0 Å². The van der Waals surface area contributed by atoms with Crippen molar-refractivity contribution in [1.29, 1.82) is 0 Å². The minimum absolute atomic E-state index is 0.0273. The summed E-state index contributed by atoms with van der Waals surface area (Å²) in [5.74, 6) is 0. The molecule has 0 bridgehead atoms. The predicted molar refractivity (Wildman–Crippen MR) is 191 cm³/mol. The largest absolute Gasteiger partial charge is 0.449 e. The summed E-state index contributed by atoms with van der Waals surface area (Å²) < 4.78 is 14.0. The summed E-state index contributed by atoms with van der Waals surface area (Å²) in [6, 6.07) is 45.8. The monoisotopic (exact) mass is 588 g/mol. The van der Waals surface area contributed by atoms with E-state index in [-0.39, 0.29) is 6.04 Å². The average molecular weight is 589 g/mol. The normalized spacial score (nSPS) is 15.8. The van der Waals surface area contributed by atoms with Crippen LogP contribution in [0.5, 0.6) is 0 Å².